The maximum atomic E-state index is 12.0. The molecule has 1 amide bonds. The summed E-state index contributed by atoms with van der Waals surface area (Å²) in [5.41, 5.74) is 1.82. The highest BCUT2D eigenvalue weighted by Crippen LogP contribution is 2.13. The van der Waals surface area contributed by atoms with Gasteiger partial charge in [0.25, 0.3) is 0 Å². The Bertz CT molecular complexity index is 567. The van der Waals surface area contributed by atoms with Gasteiger partial charge in [-0.3, -0.25) is 9.78 Å². The van der Waals surface area contributed by atoms with Crippen molar-refractivity contribution in [1.82, 2.24) is 10.3 Å². The molecule has 110 valence electrons. The van der Waals surface area contributed by atoms with Crippen molar-refractivity contribution < 1.29 is 9.53 Å². The van der Waals surface area contributed by atoms with Gasteiger partial charge in [0.15, 0.2) is 0 Å². The van der Waals surface area contributed by atoms with Crippen LogP contribution in [0.3, 0.4) is 0 Å². The molecule has 2 rings (SSSR count). The van der Waals surface area contributed by atoms with Crippen molar-refractivity contribution in [2.75, 3.05) is 6.61 Å². The van der Waals surface area contributed by atoms with Gasteiger partial charge in [-0.05, 0) is 43.7 Å². The first kappa shape index (κ1) is 15.0. The van der Waals surface area contributed by atoms with Gasteiger partial charge in [0, 0.05) is 6.20 Å². The molecule has 2 aromatic rings. The summed E-state index contributed by atoms with van der Waals surface area (Å²) in [6.45, 7) is 4.51. The van der Waals surface area contributed by atoms with E-state index >= 15 is 0 Å². The van der Waals surface area contributed by atoms with Crippen molar-refractivity contribution in [2.24, 2.45) is 0 Å². The molecule has 0 aliphatic carbocycles. The second-order valence-electron chi connectivity index (χ2n) is 4.80. The fourth-order valence-electron chi connectivity index (χ4n) is 2.05. The molecule has 4 heteroatoms. The van der Waals surface area contributed by atoms with Crippen molar-refractivity contribution >= 4 is 5.91 Å². The van der Waals surface area contributed by atoms with Crippen molar-refractivity contribution in [3.63, 3.8) is 0 Å². The maximum absolute atomic E-state index is 12.0. The summed E-state index contributed by atoms with van der Waals surface area (Å²) >= 11 is 0. The van der Waals surface area contributed by atoms with Gasteiger partial charge >= 0.3 is 0 Å². The predicted octanol–water partition coefficient (Wildman–Crippen LogP) is 2.90. The molecule has 4 nitrogen and oxygen atoms in total. The number of carbonyl (C=O) groups is 1. The van der Waals surface area contributed by atoms with Crippen molar-refractivity contribution in [2.45, 2.75) is 26.3 Å². The second kappa shape index (κ2) is 7.43. The van der Waals surface area contributed by atoms with Crippen LogP contribution < -0.4 is 10.1 Å². The van der Waals surface area contributed by atoms with Crippen LogP contribution in [0.4, 0.5) is 0 Å². The number of amides is 1. The third-order valence-corrected chi connectivity index (χ3v) is 3.11. The summed E-state index contributed by atoms with van der Waals surface area (Å²) < 4.78 is 5.38. The normalized spacial score (nSPS) is 11.7. The smallest absolute Gasteiger partial charge is 0.224 e. The average molecular weight is 284 g/mol. The fourth-order valence-corrected chi connectivity index (χ4v) is 2.05. The molecule has 1 heterocycles. The highest BCUT2D eigenvalue weighted by atomic mass is 16.5. The summed E-state index contributed by atoms with van der Waals surface area (Å²) in [5.74, 6) is 0.806. The Morgan fingerprint density at radius 2 is 2.00 bits per heavy atom. The fraction of sp³-hybridized carbons (Fsp3) is 0.294. The van der Waals surface area contributed by atoms with Gasteiger partial charge in [0.05, 0.1) is 24.8 Å². The molecule has 0 aliphatic heterocycles. The number of nitrogens with one attached hydrogen (secondary N) is 1. The van der Waals surface area contributed by atoms with Crippen LogP contribution in [0.1, 0.15) is 31.1 Å². The zero-order chi connectivity index (χ0) is 15.1. The Hall–Kier alpha value is -2.36. The number of nitrogens with zero attached hydrogens (tertiary/aromatic N) is 1. The zero-order valence-electron chi connectivity index (χ0n) is 12.4. The Kier molecular flexibility index (Phi) is 5.32. The average Bonchev–Trinajstić information content (AvgIpc) is 2.50. The molecule has 21 heavy (non-hydrogen) atoms. The Morgan fingerprint density at radius 3 is 2.62 bits per heavy atom. The third-order valence-electron chi connectivity index (χ3n) is 3.11. The minimum Gasteiger partial charge on any atom is -0.494 e. The van der Waals surface area contributed by atoms with E-state index in [2.05, 4.69) is 10.3 Å². The van der Waals surface area contributed by atoms with Crippen LogP contribution in [0.15, 0.2) is 48.7 Å². The van der Waals surface area contributed by atoms with Crippen LogP contribution in [0.2, 0.25) is 0 Å². The molecule has 1 unspecified atom stereocenters. The number of hydrogen-bond acceptors (Lipinski definition) is 3. The highest BCUT2D eigenvalue weighted by Gasteiger charge is 2.10. The van der Waals surface area contributed by atoms with Gasteiger partial charge in [0.1, 0.15) is 5.75 Å². The topological polar surface area (TPSA) is 51.2 Å². The zero-order valence-corrected chi connectivity index (χ0v) is 12.4. The van der Waals surface area contributed by atoms with Crippen LogP contribution in [0.25, 0.3) is 0 Å². The van der Waals surface area contributed by atoms with Gasteiger partial charge in [0.2, 0.25) is 5.91 Å². The molecule has 0 aliphatic rings. The summed E-state index contributed by atoms with van der Waals surface area (Å²) in [5, 5.41) is 2.95. The largest absolute Gasteiger partial charge is 0.494 e. The number of hydrogen-bond donors (Lipinski definition) is 1. The van der Waals surface area contributed by atoms with Gasteiger partial charge < -0.3 is 10.1 Å². The maximum Gasteiger partial charge on any atom is 0.224 e. The van der Waals surface area contributed by atoms with E-state index in [0.717, 1.165) is 17.0 Å². The third kappa shape index (κ3) is 4.60. The van der Waals surface area contributed by atoms with Gasteiger partial charge in [-0.15, -0.1) is 0 Å². The minimum atomic E-state index is -0.0959. The van der Waals surface area contributed by atoms with Crippen LogP contribution in [-0.4, -0.2) is 17.5 Å². The lowest BCUT2D eigenvalue weighted by atomic mass is 10.1. The highest BCUT2D eigenvalue weighted by molar-refractivity contribution is 5.78. The van der Waals surface area contributed by atoms with Crippen LogP contribution in [-0.2, 0) is 11.2 Å². The lowest BCUT2D eigenvalue weighted by molar-refractivity contribution is -0.121. The van der Waals surface area contributed by atoms with Crippen molar-refractivity contribution in [1.29, 1.82) is 0 Å². The number of carbonyl (C=O) groups excluding carboxylic acids is 1. The molecule has 0 saturated heterocycles. The van der Waals surface area contributed by atoms with Crippen LogP contribution >= 0.6 is 0 Å². The van der Waals surface area contributed by atoms with Gasteiger partial charge in [-0.2, -0.15) is 0 Å². The van der Waals surface area contributed by atoms with E-state index in [4.69, 9.17) is 4.74 Å². The van der Waals surface area contributed by atoms with E-state index in [9.17, 15) is 4.79 Å². The summed E-state index contributed by atoms with van der Waals surface area (Å²) in [7, 11) is 0. The molecule has 0 spiro atoms. The molecular formula is C17H20N2O2. The summed E-state index contributed by atoms with van der Waals surface area (Å²) in [6, 6.07) is 13.2. The molecule has 1 atom stereocenters. The number of ether oxygens (including phenoxy) is 1. The quantitative estimate of drug-likeness (QED) is 0.887. The first-order chi connectivity index (χ1) is 10.2. The molecule has 0 fully saturated rings. The minimum absolute atomic E-state index is 0.0164. The Morgan fingerprint density at radius 1 is 1.24 bits per heavy atom. The van der Waals surface area contributed by atoms with E-state index in [1.807, 2.05) is 56.3 Å². The first-order valence-electron chi connectivity index (χ1n) is 7.11. The molecule has 1 aromatic carbocycles. The predicted molar refractivity (Wildman–Crippen MR) is 82.1 cm³/mol. The van der Waals surface area contributed by atoms with E-state index in [1.165, 1.54) is 0 Å². The van der Waals surface area contributed by atoms with Crippen LogP contribution in [0, 0.1) is 0 Å². The molecule has 0 radical (unpaired) electrons. The molecule has 0 saturated carbocycles. The summed E-state index contributed by atoms with van der Waals surface area (Å²) in [6.07, 6.45) is 2.08. The van der Waals surface area contributed by atoms with E-state index in [-0.39, 0.29) is 11.9 Å². The van der Waals surface area contributed by atoms with Crippen molar-refractivity contribution in [3.05, 3.63) is 59.9 Å². The van der Waals surface area contributed by atoms with Gasteiger partial charge in [-0.1, -0.05) is 18.2 Å². The molecule has 0 bridgehead atoms. The SMILES string of the molecule is CCOc1ccc(CC(=O)NC(C)c2ccccn2)cc1. The lowest BCUT2D eigenvalue weighted by Gasteiger charge is -2.13. The number of benzene rings is 1. The number of aromatic nitrogens is 1. The molecular weight excluding hydrogens is 264 g/mol. The number of pyridine rings is 1. The van der Waals surface area contributed by atoms with Crippen molar-refractivity contribution in [3.8, 4) is 5.75 Å². The Balaban J connectivity index is 1.89. The van der Waals surface area contributed by atoms with E-state index < -0.39 is 0 Å². The lowest BCUT2D eigenvalue weighted by Crippen LogP contribution is -2.28. The van der Waals surface area contributed by atoms with Gasteiger partial charge in [-0.25, -0.2) is 0 Å². The summed E-state index contributed by atoms with van der Waals surface area (Å²) in [4.78, 5) is 16.3. The standard InChI is InChI=1S/C17H20N2O2/c1-3-21-15-9-7-14(8-10-15)12-17(20)19-13(2)16-6-4-5-11-18-16/h4-11,13H,3,12H2,1-2H3,(H,19,20). The van der Waals surface area contributed by atoms with Crippen LogP contribution in [0.5, 0.6) is 5.75 Å². The Labute approximate surface area is 125 Å². The second-order valence-corrected chi connectivity index (χ2v) is 4.80. The molecule has 1 N–H and O–H groups in total. The van der Waals surface area contributed by atoms with E-state index in [1.54, 1.807) is 6.20 Å². The monoisotopic (exact) mass is 284 g/mol. The first-order valence-corrected chi connectivity index (χ1v) is 7.11. The molecule has 1 aromatic heterocycles. The number of rotatable bonds is 6. The van der Waals surface area contributed by atoms with E-state index in [0.29, 0.717) is 13.0 Å².